The van der Waals surface area contributed by atoms with Gasteiger partial charge < -0.3 is 10.6 Å². The van der Waals surface area contributed by atoms with E-state index < -0.39 is 0 Å². The van der Waals surface area contributed by atoms with E-state index in [0.29, 0.717) is 16.1 Å². The van der Waals surface area contributed by atoms with Crippen LogP contribution in [0.15, 0.2) is 53.0 Å². The maximum Gasteiger partial charge on any atom is 0.171 e. The van der Waals surface area contributed by atoms with Gasteiger partial charge in [-0.25, -0.2) is 0 Å². The fraction of sp³-hybridized carbons (Fsp3) is 0.278. The molecular formula is C18H20BrClN2S. The van der Waals surface area contributed by atoms with Crippen LogP contribution < -0.4 is 10.6 Å². The maximum absolute atomic E-state index is 6.12. The molecule has 1 atom stereocenters. The van der Waals surface area contributed by atoms with E-state index in [2.05, 4.69) is 64.7 Å². The van der Waals surface area contributed by atoms with E-state index in [1.807, 2.05) is 24.3 Å². The molecule has 0 saturated heterocycles. The summed E-state index contributed by atoms with van der Waals surface area (Å²) in [6.07, 6.45) is 1.01. The number of benzene rings is 2. The first kappa shape index (κ1) is 18.2. The summed E-state index contributed by atoms with van der Waals surface area (Å²) in [6, 6.07) is 16.2. The van der Waals surface area contributed by atoms with Crippen molar-refractivity contribution in [3.8, 4) is 0 Å². The van der Waals surface area contributed by atoms with Crippen LogP contribution in [-0.4, -0.2) is 5.11 Å². The molecule has 0 fully saturated rings. The van der Waals surface area contributed by atoms with E-state index in [1.165, 1.54) is 5.56 Å². The number of hydrogen-bond donors (Lipinski definition) is 2. The molecule has 0 radical (unpaired) electrons. The zero-order chi connectivity index (χ0) is 16.8. The first-order valence-electron chi connectivity index (χ1n) is 7.53. The van der Waals surface area contributed by atoms with Gasteiger partial charge in [0.2, 0.25) is 0 Å². The second-order valence-electron chi connectivity index (χ2n) is 5.82. The second-order valence-corrected chi connectivity index (χ2v) is 7.49. The smallest absolute Gasteiger partial charge is 0.171 e. The molecule has 0 aliphatic heterocycles. The minimum atomic E-state index is 0.183. The topological polar surface area (TPSA) is 24.1 Å². The first-order valence-corrected chi connectivity index (χ1v) is 9.11. The summed E-state index contributed by atoms with van der Waals surface area (Å²) in [7, 11) is 0. The Labute approximate surface area is 156 Å². The SMILES string of the molecule is CC(C)C[C@H](NC(=S)Nc1ccc(Br)c(Cl)c1)c1ccccc1. The lowest BCUT2D eigenvalue weighted by Gasteiger charge is -2.23. The molecule has 0 heterocycles. The fourth-order valence-corrected chi connectivity index (χ4v) is 3.02. The van der Waals surface area contributed by atoms with Crippen LogP contribution in [0.25, 0.3) is 0 Å². The van der Waals surface area contributed by atoms with Crippen molar-refractivity contribution < 1.29 is 0 Å². The molecule has 5 heteroatoms. The molecule has 2 N–H and O–H groups in total. The van der Waals surface area contributed by atoms with Gasteiger partial charge in [-0.05, 0) is 64.2 Å². The lowest BCUT2D eigenvalue weighted by Crippen LogP contribution is -2.33. The Morgan fingerprint density at radius 3 is 2.48 bits per heavy atom. The van der Waals surface area contributed by atoms with Crippen LogP contribution in [0, 0.1) is 5.92 Å². The Balaban J connectivity index is 2.06. The van der Waals surface area contributed by atoms with E-state index in [4.69, 9.17) is 23.8 Å². The van der Waals surface area contributed by atoms with Gasteiger partial charge in [0.1, 0.15) is 0 Å². The highest BCUT2D eigenvalue weighted by Gasteiger charge is 2.14. The van der Waals surface area contributed by atoms with Crippen molar-refractivity contribution in [1.82, 2.24) is 5.32 Å². The average Bonchev–Trinajstić information content (AvgIpc) is 2.51. The molecule has 0 aliphatic rings. The average molecular weight is 412 g/mol. The molecule has 0 aliphatic carbocycles. The lowest BCUT2D eigenvalue weighted by atomic mass is 9.97. The molecule has 2 aromatic rings. The quantitative estimate of drug-likeness (QED) is 0.575. The molecule has 2 rings (SSSR count). The molecular weight excluding hydrogens is 392 g/mol. The fourth-order valence-electron chi connectivity index (χ4n) is 2.33. The van der Waals surface area contributed by atoms with Crippen LogP contribution in [0.3, 0.4) is 0 Å². The van der Waals surface area contributed by atoms with Crippen molar-refractivity contribution in [3.05, 3.63) is 63.6 Å². The van der Waals surface area contributed by atoms with Crippen molar-refractivity contribution in [2.75, 3.05) is 5.32 Å². The van der Waals surface area contributed by atoms with Gasteiger partial charge in [-0.15, -0.1) is 0 Å². The van der Waals surface area contributed by atoms with Crippen LogP contribution in [0.4, 0.5) is 5.69 Å². The van der Waals surface area contributed by atoms with Crippen LogP contribution in [-0.2, 0) is 0 Å². The van der Waals surface area contributed by atoms with Crippen LogP contribution in [0.1, 0.15) is 31.9 Å². The minimum Gasteiger partial charge on any atom is -0.356 e. The molecule has 23 heavy (non-hydrogen) atoms. The molecule has 0 bridgehead atoms. The van der Waals surface area contributed by atoms with Gasteiger partial charge in [-0.2, -0.15) is 0 Å². The molecule has 122 valence electrons. The van der Waals surface area contributed by atoms with Crippen LogP contribution >= 0.6 is 39.7 Å². The summed E-state index contributed by atoms with van der Waals surface area (Å²) in [6.45, 7) is 4.42. The van der Waals surface area contributed by atoms with Crippen molar-refractivity contribution in [2.24, 2.45) is 5.92 Å². The molecule has 0 spiro atoms. The third kappa shape index (κ3) is 5.79. The first-order chi connectivity index (χ1) is 11.0. The Morgan fingerprint density at radius 2 is 1.87 bits per heavy atom. The summed E-state index contributed by atoms with van der Waals surface area (Å²) in [5, 5.41) is 7.86. The zero-order valence-electron chi connectivity index (χ0n) is 13.1. The lowest BCUT2D eigenvalue weighted by molar-refractivity contribution is 0.481. The molecule has 2 nitrogen and oxygen atoms in total. The van der Waals surface area contributed by atoms with E-state index in [1.54, 1.807) is 0 Å². The van der Waals surface area contributed by atoms with Gasteiger partial charge >= 0.3 is 0 Å². The number of rotatable bonds is 5. The third-order valence-corrected chi connectivity index (χ3v) is 4.84. The van der Waals surface area contributed by atoms with E-state index >= 15 is 0 Å². The third-order valence-electron chi connectivity index (χ3n) is 3.39. The van der Waals surface area contributed by atoms with Crippen LogP contribution in [0.5, 0.6) is 0 Å². The van der Waals surface area contributed by atoms with Crippen LogP contribution in [0.2, 0.25) is 5.02 Å². The molecule has 0 saturated carbocycles. The van der Waals surface area contributed by atoms with Gasteiger partial charge in [0, 0.05) is 10.2 Å². The second kappa shape index (κ2) is 8.67. The highest BCUT2D eigenvalue weighted by atomic mass is 79.9. The highest BCUT2D eigenvalue weighted by Crippen LogP contribution is 2.26. The van der Waals surface area contributed by atoms with Crippen molar-refractivity contribution in [3.63, 3.8) is 0 Å². The maximum atomic E-state index is 6.12. The van der Waals surface area contributed by atoms with E-state index in [0.717, 1.165) is 16.6 Å². The number of anilines is 1. The zero-order valence-corrected chi connectivity index (χ0v) is 16.3. The number of thiocarbonyl (C=S) groups is 1. The Bertz CT molecular complexity index is 661. The number of halogens is 2. The van der Waals surface area contributed by atoms with Crippen molar-refractivity contribution >= 4 is 50.5 Å². The normalized spacial score (nSPS) is 12.0. The Morgan fingerprint density at radius 1 is 1.17 bits per heavy atom. The summed E-state index contributed by atoms with van der Waals surface area (Å²) >= 11 is 15.0. The predicted molar refractivity (Wildman–Crippen MR) is 107 cm³/mol. The predicted octanol–water partition coefficient (Wildman–Crippen LogP) is 6.18. The minimum absolute atomic E-state index is 0.183. The van der Waals surface area contributed by atoms with Crippen molar-refractivity contribution in [1.29, 1.82) is 0 Å². The standard InChI is InChI=1S/C18H20BrClN2S/c1-12(2)10-17(13-6-4-3-5-7-13)22-18(23)21-14-8-9-15(19)16(20)11-14/h3-9,11-12,17H,10H2,1-2H3,(H2,21,22,23)/t17-/m0/s1. The largest absolute Gasteiger partial charge is 0.356 e. The number of nitrogens with one attached hydrogen (secondary N) is 2. The summed E-state index contributed by atoms with van der Waals surface area (Å²) in [4.78, 5) is 0. The Hall–Kier alpha value is -1.10. The van der Waals surface area contributed by atoms with Gasteiger partial charge in [-0.1, -0.05) is 55.8 Å². The van der Waals surface area contributed by atoms with E-state index in [9.17, 15) is 0 Å². The van der Waals surface area contributed by atoms with Gasteiger partial charge in [0.05, 0.1) is 11.1 Å². The number of hydrogen-bond acceptors (Lipinski definition) is 1. The van der Waals surface area contributed by atoms with Gasteiger partial charge in [0.15, 0.2) is 5.11 Å². The Kier molecular flexibility index (Phi) is 6.88. The summed E-state index contributed by atoms with van der Waals surface area (Å²) in [5.41, 5.74) is 2.10. The van der Waals surface area contributed by atoms with Crippen molar-refractivity contribution in [2.45, 2.75) is 26.3 Å². The van der Waals surface area contributed by atoms with Gasteiger partial charge in [-0.3, -0.25) is 0 Å². The monoisotopic (exact) mass is 410 g/mol. The molecule has 0 unspecified atom stereocenters. The highest BCUT2D eigenvalue weighted by molar-refractivity contribution is 9.10. The van der Waals surface area contributed by atoms with Gasteiger partial charge in [0.25, 0.3) is 0 Å². The summed E-state index contributed by atoms with van der Waals surface area (Å²) in [5.74, 6) is 0.567. The molecule has 0 aromatic heterocycles. The van der Waals surface area contributed by atoms with E-state index in [-0.39, 0.29) is 6.04 Å². The molecule has 2 aromatic carbocycles. The molecule has 0 amide bonds. The summed E-state index contributed by atoms with van der Waals surface area (Å²) < 4.78 is 0.866.